The Hall–Kier alpha value is -6.84. The van der Waals surface area contributed by atoms with Gasteiger partial charge in [-0.3, -0.25) is 0 Å². The molecule has 0 radical (unpaired) electrons. The Morgan fingerprint density at radius 2 is 0.882 bits per heavy atom. The van der Waals surface area contributed by atoms with Crippen molar-refractivity contribution in [1.29, 1.82) is 0 Å². The van der Waals surface area contributed by atoms with Crippen molar-refractivity contribution < 1.29 is 8.83 Å². The van der Waals surface area contributed by atoms with Crippen LogP contribution in [0.3, 0.4) is 0 Å². The molecule has 0 spiro atoms. The van der Waals surface area contributed by atoms with E-state index in [2.05, 4.69) is 175 Å². The van der Waals surface area contributed by atoms with Gasteiger partial charge in [-0.05, 0) is 53.1 Å². The molecule has 51 heavy (non-hydrogen) atoms. The molecule has 0 N–H and O–H groups in total. The van der Waals surface area contributed by atoms with Crippen LogP contribution in [0.25, 0.3) is 77.3 Å². The minimum Gasteiger partial charge on any atom is -0.456 e. The number of para-hydroxylation sites is 3. The van der Waals surface area contributed by atoms with Crippen LogP contribution in [0, 0.1) is 0 Å². The Kier molecular flexibility index (Phi) is 6.81. The highest BCUT2D eigenvalue weighted by atomic mass is 16.3. The van der Waals surface area contributed by atoms with E-state index in [4.69, 9.17) is 8.83 Å². The van der Waals surface area contributed by atoms with Gasteiger partial charge in [-0.25, -0.2) is 0 Å². The molecule has 0 aliphatic carbocycles. The van der Waals surface area contributed by atoms with Crippen LogP contribution < -0.4 is 4.90 Å². The van der Waals surface area contributed by atoms with E-state index in [-0.39, 0.29) is 0 Å². The molecule has 0 saturated heterocycles. The SMILES string of the molecule is c1ccc(-c2cccc(-c3ccccc3)c2N(c2ccc3c(c2)oc2ccccc23)c2ccc(-c3ccccc3)c3oc4ccccc4c23)cc1. The van der Waals surface area contributed by atoms with E-state index < -0.39 is 0 Å². The van der Waals surface area contributed by atoms with Gasteiger partial charge in [0.15, 0.2) is 0 Å². The number of hydrogen-bond donors (Lipinski definition) is 0. The number of hydrogen-bond acceptors (Lipinski definition) is 3. The summed E-state index contributed by atoms with van der Waals surface area (Å²) in [7, 11) is 0. The molecule has 0 fully saturated rings. The number of anilines is 3. The molecule has 8 aromatic carbocycles. The van der Waals surface area contributed by atoms with Gasteiger partial charge in [0.05, 0.1) is 16.8 Å². The molecule has 0 bridgehead atoms. The van der Waals surface area contributed by atoms with Crippen molar-refractivity contribution in [2.75, 3.05) is 4.90 Å². The van der Waals surface area contributed by atoms with Gasteiger partial charge in [-0.1, -0.05) is 146 Å². The van der Waals surface area contributed by atoms with E-state index in [0.29, 0.717) is 0 Å². The smallest absolute Gasteiger partial charge is 0.145 e. The summed E-state index contributed by atoms with van der Waals surface area (Å²) in [5, 5.41) is 4.31. The summed E-state index contributed by atoms with van der Waals surface area (Å²) in [6, 6.07) is 66.1. The van der Waals surface area contributed by atoms with Crippen LogP contribution in [-0.2, 0) is 0 Å². The molecule has 0 atom stereocenters. The molecule has 10 rings (SSSR count). The van der Waals surface area contributed by atoms with Gasteiger partial charge in [-0.15, -0.1) is 0 Å². The molecule has 0 aliphatic rings. The fourth-order valence-corrected chi connectivity index (χ4v) is 7.57. The first-order valence-electron chi connectivity index (χ1n) is 17.3. The van der Waals surface area contributed by atoms with E-state index in [9.17, 15) is 0 Å². The minimum absolute atomic E-state index is 0.839. The van der Waals surface area contributed by atoms with E-state index in [1.165, 1.54) is 0 Å². The second-order valence-corrected chi connectivity index (χ2v) is 12.8. The summed E-state index contributed by atoms with van der Waals surface area (Å²) in [6.45, 7) is 0. The van der Waals surface area contributed by atoms with Crippen molar-refractivity contribution in [1.82, 2.24) is 0 Å². The molecule has 0 saturated carbocycles. The third-order valence-electron chi connectivity index (χ3n) is 9.88. The predicted molar refractivity (Wildman–Crippen MR) is 212 cm³/mol. The van der Waals surface area contributed by atoms with Crippen LogP contribution in [0.4, 0.5) is 17.1 Å². The second-order valence-electron chi connectivity index (χ2n) is 12.8. The van der Waals surface area contributed by atoms with Crippen molar-refractivity contribution in [2.24, 2.45) is 0 Å². The third-order valence-corrected chi connectivity index (χ3v) is 9.88. The molecule has 2 aromatic heterocycles. The van der Waals surface area contributed by atoms with Crippen LogP contribution in [0.15, 0.2) is 197 Å². The Morgan fingerprint density at radius 3 is 1.53 bits per heavy atom. The first-order valence-corrected chi connectivity index (χ1v) is 17.3. The van der Waals surface area contributed by atoms with Crippen LogP contribution >= 0.6 is 0 Å². The second kappa shape index (κ2) is 11.9. The Labute approximate surface area is 295 Å². The highest BCUT2D eigenvalue weighted by Gasteiger charge is 2.27. The van der Waals surface area contributed by atoms with E-state index in [1.807, 2.05) is 18.2 Å². The lowest BCUT2D eigenvalue weighted by Crippen LogP contribution is -2.13. The summed E-state index contributed by atoms with van der Waals surface area (Å²) < 4.78 is 13.3. The maximum absolute atomic E-state index is 6.80. The minimum atomic E-state index is 0.839. The molecule has 3 heteroatoms. The largest absolute Gasteiger partial charge is 0.456 e. The van der Waals surface area contributed by atoms with Gasteiger partial charge in [0.1, 0.15) is 22.3 Å². The van der Waals surface area contributed by atoms with Crippen LogP contribution in [0.2, 0.25) is 0 Å². The van der Waals surface area contributed by atoms with Gasteiger partial charge in [0.2, 0.25) is 0 Å². The van der Waals surface area contributed by atoms with E-state index in [1.54, 1.807) is 0 Å². The number of nitrogens with zero attached hydrogens (tertiary/aromatic N) is 1. The molecular formula is C48H31NO2. The van der Waals surface area contributed by atoms with Gasteiger partial charge in [0, 0.05) is 44.6 Å². The molecule has 10 aromatic rings. The molecule has 0 amide bonds. The molecule has 0 aliphatic heterocycles. The summed E-state index contributed by atoms with van der Waals surface area (Å²) in [5.41, 5.74) is 13.2. The molecule has 2 heterocycles. The Balaban J connectivity index is 1.35. The lowest BCUT2D eigenvalue weighted by Gasteiger charge is -2.31. The number of fused-ring (bicyclic) bond motifs is 6. The van der Waals surface area contributed by atoms with E-state index in [0.717, 1.165) is 94.3 Å². The number of rotatable bonds is 6. The van der Waals surface area contributed by atoms with E-state index >= 15 is 0 Å². The highest BCUT2D eigenvalue weighted by molar-refractivity contribution is 6.18. The van der Waals surface area contributed by atoms with Gasteiger partial charge >= 0.3 is 0 Å². The summed E-state index contributed by atoms with van der Waals surface area (Å²) in [5.74, 6) is 0. The summed E-state index contributed by atoms with van der Waals surface area (Å²) in [4.78, 5) is 2.41. The lowest BCUT2D eigenvalue weighted by atomic mass is 9.93. The predicted octanol–water partition coefficient (Wildman–Crippen LogP) is 14.0. The molecule has 3 nitrogen and oxygen atoms in total. The van der Waals surface area contributed by atoms with Gasteiger partial charge in [0.25, 0.3) is 0 Å². The molecular weight excluding hydrogens is 623 g/mol. The van der Waals surface area contributed by atoms with Crippen LogP contribution in [0.5, 0.6) is 0 Å². The van der Waals surface area contributed by atoms with Crippen LogP contribution in [0.1, 0.15) is 0 Å². The zero-order valence-corrected chi connectivity index (χ0v) is 27.7. The quantitative estimate of drug-likeness (QED) is 0.179. The number of benzene rings is 8. The highest BCUT2D eigenvalue weighted by Crippen LogP contribution is 2.51. The van der Waals surface area contributed by atoms with Gasteiger partial charge in [-0.2, -0.15) is 0 Å². The lowest BCUT2D eigenvalue weighted by molar-refractivity contribution is 0.669. The van der Waals surface area contributed by atoms with Crippen molar-refractivity contribution >= 4 is 60.9 Å². The standard InChI is InChI=1S/C48H31NO2/c1-4-15-32(16-5-1)36-23-14-24-37(33-17-6-2-7-18-33)47(36)49(35-27-28-40-39-21-10-12-25-43(39)50-45(40)31-35)42-30-29-38(34-19-8-3-9-20-34)48-46(42)41-22-11-13-26-44(41)51-48/h1-31H. The Bertz CT molecular complexity index is 2790. The monoisotopic (exact) mass is 653 g/mol. The molecule has 240 valence electrons. The average molecular weight is 654 g/mol. The maximum Gasteiger partial charge on any atom is 0.145 e. The van der Waals surface area contributed by atoms with Gasteiger partial charge < -0.3 is 13.7 Å². The molecule has 0 unspecified atom stereocenters. The van der Waals surface area contributed by atoms with Crippen molar-refractivity contribution in [3.8, 4) is 33.4 Å². The van der Waals surface area contributed by atoms with Crippen molar-refractivity contribution in [3.05, 3.63) is 188 Å². The first kappa shape index (κ1) is 29.1. The fourth-order valence-electron chi connectivity index (χ4n) is 7.57. The normalized spacial score (nSPS) is 11.5. The van der Waals surface area contributed by atoms with Crippen molar-refractivity contribution in [2.45, 2.75) is 0 Å². The zero-order valence-electron chi connectivity index (χ0n) is 27.7. The first-order chi connectivity index (χ1) is 25.3. The van der Waals surface area contributed by atoms with Crippen LogP contribution in [-0.4, -0.2) is 0 Å². The topological polar surface area (TPSA) is 29.5 Å². The maximum atomic E-state index is 6.80. The summed E-state index contributed by atoms with van der Waals surface area (Å²) in [6.07, 6.45) is 0. The zero-order chi connectivity index (χ0) is 33.7. The Morgan fingerprint density at radius 1 is 0.353 bits per heavy atom. The average Bonchev–Trinajstić information content (AvgIpc) is 3.78. The fraction of sp³-hybridized carbons (Fsp3) is 0. The van der Waals surface area contributed by atoms with Crippen molar-refractivity contribution in [3.63, 3.8) is 0 Å². The summed E-state index contributed by atoms with van der Waals surface area (Å²) >= 11 is 0. The number of furan rings is 2. The third kappa shape index (κ3) is 4.82.